The van der Waals surface area contributed by atoms with Gasteiger partial charge in [0, 0.05) is 94.0 Å². The van der Waals surface area contributed by atoms with Crippen LogP contribution in [0.2, 0.25) is 10.2 Å². The maximum atomic E-state index is 12.5. The van der Waals surface area contributed by atoms with Crippen LogP contribution in [0.1, 0.15) is 150 Å². The van der Waals surface area contributed by atoms with Crippen molar-refractivity contribution in [3.05, 3.63) is 155 Å². The molecule has 0 aliphatic carbocycles. The van der Waals surface area contributed by atoms with Gasteiger partial charge in [0.15, 0.2) is 17.5 Å². The number of halogens is 2. The monoisotopic (exact) mass is 1580 g/mol. The summed E-state index contributed by atoms with van der Waals surface area (Å²) >= 11 is 11.4. The third-order valence-corrected chi connectivity index (χ3v) is 20.7. The minimum absolute atomic E-state index is 0.0106. The molecule has 5 aromatic heterocycles. The molecule has 5 fully saturated rings. The van der Waals surface area contributed by atoms with E-state index in [1.54, 1.807) is 23.2 Å². The SMILES string of the molecule is COC(=O)[C@@H]1CCCCN1.COC(=O)c1cnc(Cl)c([N+](=O)[O-])c1.COC(=O)c1cnc(N2CCCC[C@H]2C(=O)OC)c([N+](=O)[O-])c1.COC(=O)c1cnc2c(c1)NC(=O)[C@@H]1CCCCN21.O=C1Nc2cc(CN3CC=C(c4ccc(Cl)cc4)CC3)cnc2N2CCCC[C@@H]12.O=C1Nc2cc(CO)cnc2N2CCCC[C@@H]12. The number of benzene rings is 1. The van der Waals surface area contributed by atoms with Gasteiger partial charge in [0.1, 0.15) is 30.2 Å². The first-order valence-corrected chi connectivity index (χ1v) is 37.7. The molecule has 9 aliphatic rings. The highest BCUT2D eigenvalue weighted by atomic mass is 35.5. The smallest absolute Gasteiger partial charge is 0.339 e. The third-order valence-electron chi connectivity index (χ3n) is 20.2. The second-order valence-corrected chi connectivity index (χ2v) is 28.1. The van der Waals surface area contributed by atoms with Gasteiger partial charge in [-0.05, 0) is 155 Å². The number of rotatable bonds is 12. The summed E-state index contributed by atoms with van der Waals surface area (Å²) < 4.78 is 22.9. The van der Waals surface area contributed by atoms with Crippen molar-refractivity contribution in [2.75, 3.05) is 117 Å². The van der Waals surface area contributed by atoms with Crippen LogP contribution < -0.4 is 40.9 Å². The van der Waals surface area contributed by atoms with Gasteiger partial charge in [-0.2, -0.15) is 0 Å². The Morgan fingerprint density at radius 1 is 0.509 bits per heavy atom. The van der Waals surface area contributed by atoms with E-state index in [9.17, 15) is 58.6 Å². The highest BCUT2D eigenvalue weighted by Crippen LogP contribution is 2.39. The first kappa shape index (κ1) is 83.4. The zero-order chi connectivity index (χ0) is 80.1. The number of amides is 3. The number of aromatic nitrogens is 5. The van der Waals surface area contributed by atoms with Gasteiger partial charge in [0.25, 0.3) is 0 Å². The Labute approximate surface area is 655 Å². The standard InChI is InChI=1S/C23H25ClN4O.C14H17N3O6.C13H15N3O3.C12H15N3O2.C7H5ClN2O4.C7H13NO2/c24-19-6-4-17(5-7-19)18-8-11-27(12-9-18)15-16-13-20-22(25-14-16)28-10-2-1-3-21(28)23(29)26-20;1-22-13(18)9-7-11(17(20)21)12(15-8-9)16-6-4-3-5-10(16)14(19)23-2;1-19-13(18)8-6-9-11(14-7-8)16-5-3-2-4-10(16)12(17)15-9;16-7-8-5-9-11(13-6-8)15-4-2-1-3-10(15)12(17)14-9;1-14-7(11)4-2-5(10(12)13)6(8)9-3-4;1-10-7(9)6-4-2-3-5-8-6/h4-8,13-14,21H,1-3,9-12,15H2,(H,26,29);7-8,10H,3-6H2,1-2H3;6-7,10H,2-5H2,1H3,(H,15,17);5-6,10,16H,1-4,7H2,(H,14,17);2-3H,1H3;6,8H,2-5H2,1H3/t21-;3*10-;;6-/m0000.0/s1. The molecule has 34 nitrogen and oxygen atoms in total. The first-order valence-electron chi connectivity index (χ1n) is 36.9. The van der Waals surface area contributed by atoms with Gasteiger partial charge >= 0.3 is 41.2 Å². The Morgan fingerprint density at radius 2 is 0.955 bits per heavy atom. The van der Waals surface area contributed by atoms with Crippen LogP contribution in [0.4, 0.5) is 51.7 Å². The van der Waals surface area contributed by atoms with Gasteiger partial charge in [-0.1, -0.05) is 47.8 Å². The predicted molar refractivity (Wildman–Crippen MR) is 414 cm³/mol. The van der Waals surface area contributed by atoms with E-state index in [1.165, 1.54) is 65.5 Å². The number of aliphatic hydroxyl groups excluding tert-OH is 1. The predicted octanol–water partition coefficient (Wildman–Crippen LogP) is 9.44. The second-order valence-electron chi connectivity index (χ2n) is 27.3. The van der Waals surface area contributed by atoms with E-state index in [4.69, 9.17) is 38.0 Å². The summed E-state index contributed by atoms with van der Waals surface area (Å²) in [6, 6.07) is 14.8. The van der Waals surface area contributed by atoms with Crippen molar-refractivity contribution in [2.24, 2.45) is 0 Å². The molecule has 3 amide bonds. The number of piperidine rings is 5. The Bertz CT molecular complexity index is 4480. The van der Waals surface area contributed by atoms with Gasteiger partial charge in [-0.3, -0.25) is 44.3 Å². The number of pyridine rings is 5. The number of nitrogens with one attached hydrogen (secondary N) is 4. The van der Waals surface area contributed by atoms with Crippen molar-refractivity contribution in [3.63, 3.8) is 0 Å². The number of nitro groups is 2. The number of nitrogens with zero attached hydrogens (tertiary/aromatic N) is 12. The van der Waals surface area contributed by atoms with Crippen molar-refractivity contribution in [3.8, 4) is 0 Å². The number of aliphatic hydroxyl groups is 1. The van der Waals surface area contributed by atoms with Crippen LogP contribution >= 0.6 is 23.2 Å². The molecule has 0 bridgehead atoms. The number of hydrogen-bond acceptors (Lipinski definition) is 29. The van der Waals surface area contributed by atoms with Crippen molar-refractivity contribution in [1.82, 2.24) is 35.1 Å². The summed E-state index contributed by atoms with van der Waals surface area (Å²) in [5, 5.41) is 43.2. The van der Waals surface area contributed by atoms with E-state index >= 15 is 0 Å². The van der Waals surface area contributed by atoms with Gasteiger partial charge < -0.3 is 69.7 Å². The van der Waals surface area contributed by atoms with Crippen LogP contribution in [-0.2, 0) is 60.8 Å². The molecule has 112 heavy (non-hydrogen) atoms. The van der Waals surface area contributed by atoms with Crippen molar-refractivity contribution >= 4 is 128 Å². The second kappa shape index (κ2) is 39.7. The molecular weight excluding hydrogens is 1500 g/mol. The average molecular weight is 1590 g/mol. The average Bonchev–Trinajstić information content (AvgIpc) is 0.786. The molecule has 596 valence electrons. The molecular formula is C76H90Cl2N16O18. The molecule has 0 spiro atoms. The highest BCUT2D eigenvalue weighted by Gasteiger charge is 2.40. The highest BCUT2D eigenvalue weighted by molar-refractivity contribution is 6.31. The lowest BCUT2D eigenvalue weighted by Crippen LogP contribution is -2.51. The molecule has 9 aliphatic heterocycles. The molecule has 6 aromatic rings. The van der Waals surface area contributed by atoms with Crippen molar-refractivity contribution < 1.29 is 77.0 Å². The van der Waals surface area contributed by atoms with E-state index in [0.29, 0.717) is 24.2 Å². The number of anilines is 7. The summed E-state index contributed by atoms with van der Waals surface area (Å²) in [4.78, 5) is 145. The lowest BCUT2D eigenvalue weighted by Gasteiger charge is -2.40. The van der Waals surface area contributed by atoms with Crippen LogP contribution in [-0.4, -0.2) is 204 Å². The quantitative estimate of drug-likeness (QED) is 0.0250. The normalized spacial score (nSPS) is 19.8. The maximum Gasteiger partial charge on any atom is 0.339 e. The Kier molecular flexibility index (Phi) is 29.6. The molecule has 0 radical (unpaired) electrons. The summed E-state index contributed by atoms with van der Waals surface area (Å²) in [5.74, 6) is 0.271. The molecule has 0 saturated carbocycles. The summed E-state index contributed by atoms with van der Waals surface area (Å²) in [6.45, 7) is 6.73. The zero-order valence-electron chi connectivity index (χ0n) is 62.7. The number of hydrogen-bond donors (Lipinski definition) is 5. The lowest BCUT2D eigenvalue weighted by atomic mass is 9.98. The molecule has 36 heteroatoms. The topological polar surface area (TPSA) is 418 Å². The fourth-order valence-electron chi connectivity index (χ4n) is 14.5. The Balaban J connectivity index is 0.000000147. The van der Waals surface area contributed by atoms with Crippen molar-refractivity contribution in [2.45, 2.75) is 146 Å². The molecule has 0 unspecified atom stereocenters. The Hall–Kier alpha value is -11.1. The van der Waals surface area contributed by atoms with E-state index in [2.05, 4.69) is 99.1 Å². The van der Waals surface area contributed by atoms with Crippen LogP contribution in [0.5, 0.6) is 0 Å². The van der Waals surface area contributed by atoms with Crippen LogP contribution in [0.15, 0.2) is 91.7 Å². The number of esters is 5. The van der Waals surface area contributed by atoms with Crippen LogP contribution in [0.25, 0.3) is 5.57 Å². The number of carbonyl (C=O) groups is 8. The molecule has 5 atom stereocenters. The fraction of sp³-hybridized carbons (Fsp3) is 0.461. The minimum Gasteiger partial charge on any atom is -0.468 e. The van der Waals surface area contributed by atoms with Gasteiger partial charge in [0.2, 0.25) is 28.7 Å². The van der Waals surface area contributed by atoms with Gasteiger partial charge in [-0.25, -0.2) is 44.1 Å². The first-order chi connectivity index (χ1) is 54.1. The van der Waals surface area contributed by atoms with Gasteiger partial charge in [-0.15, -0.1) is 0 Å². The third kappa shape index (κ3) is 20.7. The molecule has 5 N–H and O–H groups in total. The number of fused-ring (bicyclic) bond motifs is 9. The van der Waals surface area contributed by atoms with E-state index < -0.39 is 45.5 Å². The summed E-state index contributed by atoms with van der Waals surface area (Å²) in [5.41, 5.74) is 6.22. The van der Waals surface area contributed by atoms with Crippen LogP contribution in [0, 0.1) is 20.2 Å². The van der Waals surface area contributed by atoms with E-state index in [1.807, 2.05) is 23.2 Å². The summed E-state index contributed by atoms with van der Waals surface area (Å²) in [7, 11) is 6.37. The van der Waals surface area contributed by atoms with Gasteiger partial charge in [0.05, 0.1) is 85.8 Å². The number of methoxy groups -OCH3 is 5. The number of carbonyl (C=O) groups excluding carboxylic acids is 8. The fourth-order valence-corrected chi connectivity index (χ4v) is 14.8. The maximum absolute atomic E-state index is 12.5. The molecule has 1 aromatic carbocycles. The molecule has 5 saturated heterocycles. The van der Waals surface area contributed by atoms with Crippen molar-refractivity contribution in [1.29, 1.82) is 0 Å². The van der Waals surface area contributed by atoms with Crippen LogP contribution in [0.3, 0.4) is 0 Å². The summed E-state index contributed by atoms with van der Waals surface area (Å²) in [6.07, 6.45) is 25.4. The van der Waals surface area contributed by atoms with E-state index in [0.717, 1.165) is 199 Å². The lowest BCUT2D eigenvalue weighted by molar-refractivity contribution is -0.385. The Morgan fingerprint density at radius 3 is 1.43 bits per heavy atom. The number of ether oxygens (including phenoxy) is 5. The van der Waals surface area contributed by atoms with E-state index in [-0.39, 0.29) is 82.3 Å². The zero-order valence-corrected chi connectivity index (χ0v) is 64.2. The minimum atomic E-state index is -0.720. The molecule has 14 heterocycles. The largest absolute Gasteiger partial charge is 0.468 e. The molecule has 15 rings (SSSR count).